The highest BCUT2D eigenvalue weighted by Crippen LogP contribution is 2.29. The topological polar surface area (TPSA) is 104 Å². The van der Waals surface area contributed by atoms with Gasteiger partial charge in [0.1, 0.15) is 0 Å². The molecule has 0 amide bonds. The van der Waals surface area contributed by atoms with Crippen LogP contribution in [0.1, 0.15) is 100 Å². The lowest BCUT2D eigenvalue weighted by atomic mass is 9.97. The molecular weight excluding hydrogens is 406 g/mol. The lowest BCUT2D eigenvalue weighted by Crippen LogP contribution is -2.31. The summed E-state index contributed by atoms with van der Waals surface area (Å²) in [4.78, 5) is 34.0. The van der Waals surface area contributed by atoms with E-state index >= 15 is 0 Å². The zero-order chi connectivity index (χ0) is 23.2. The first kappa shape index (κ1) is 25.9. The lowest BCUT2D eigenvalue weighted by molar-refractivity contribution is -0.151. The maximum Gasteiger partial charge on any atom is 0.325 e. The number of unbranched alkanes of at least 4 members (excludes halogenated alkanes) is 8. The van der Waals surface area contributed by atoms with Crippen molar-refractivity contribution in [3.63, 3.8) is 0 Å². The van der Waals surface area contributed by atoms with E-state index < -0.39 is 23.6 Å². The number of benzene rings is 1. The average Bonchev–Trinajstić information content (AvgIpc) is 3.28. The quantitative estimate of drug-likeness (QED) is 0.151. The van der Waals surface area contributed by atoms with Crippen LogP contribution in [0.25, 0.3) is 0 Å². The van der Waals surface area contributed by atoms with E-state index in [1.165, 1.54) is 95.6 Å². The number of carbonyl (C=O) groups excluding carboxylic acids is 1. The van der Waals surface area contributed by atoms with E-state index in [0.29, 0.717) is 0 Å². The Morgan fingerprint density at radius 3 is 1.81 bits per heavy atom. The molecule has 32 heavy (non-hydrogen) atoms. The van der Waals surface area contributed by atoms with Gasteiger partial charge in [-0.1, -0.05) is 83.5 Å². The van der Waals surface area contributed by atoms with Crippen molar-refractivity contribution in [2.45, 2.75) is 89.9 Å². The lowest BCUT2D eigenvalue weighted by Gasteiger charge is -2.09. The number of rotatable bonds is 17. The largest absolute Gasteiger partial charge is 0.480 e. The Balaban J connectivity index is 1.48. The molecule has 0 spiro atoms. The van der Waals surface area contributed by atoms with Crippen LogP contribution in [0.3, 0.4) is 0 Å². The van der Waals surface area contributed by atoms with Crippen LogP contribution in [0.15, 0.2) is 24.3 Å². The standard InChI is InChI=1S/C26H39NO5/c28-24(23(25(29)30)26(31)32)21-15-17-22(18-16-21)27-19-11-7-5-3-1-2-4-6-8-12-20-13-9-10-14-20/h15-18,20,23,27H,1-14,19H2,(H,29,30)(H,31,32). The van der Waals surface area contributed by atoms with Crippen LogP contribution in [-0.4, -0.2) is 34.5 Å². The number of anilines is 1. The molecule has 0 unspecified atom stereocenters. The fourth-order valence-corrected chi connectivity index (χ4v) is 4.58. The average molecular weight is 446 g/mol. The number of carbonyl (C=O) groups is 3. The highest BCUT2D eigenvalue weighted by molar-refractivity contribution is 6.20. The van der Waals surface area contributed by atoms with Gasteiger partial charge in [0.05, 0.1) is 0 Å². The number of aliphatic carboxylic acids is 2. The molecule has 0 aromatic heterocycles. The van der Waals surface area contributed by atoms with Crippen molar-refractivity contribution in [2.75, 3.05) is 11.9 Å². The molecule has 2 rings (SSSR count). The van der Waals surface area contributed by atoms with Gasteiger partial charge < -0.3 is 15.5 Å². The third-order valence-electron chi connectivity index (χ3n) is 6.52. The molecule has 6 heteroatoms. The summed E-state index contributed by atoms with van der Waals surface area (Å²) >= 11 is 0. The Hall–Kier alpha value is -2.37. The fraction of sp³-hybridized carbons (Fsp3) is 0.654. The Morgan fingerprint density at radius 1 is 0.781 bits per heavy atom. The van der Waals surface area contributed by atoms with Crippen molar-refractivity contribution in [1.82, 2.24) is 0 Å². The number of hydrogen-bond donors (Lipinski definition) is 3. The van der Waals surface area contributed by atoms with Crippen LogP contribution >= 0.6 is 0 Å². The number of hydrogen-bond acceptors (Lipinski definition) is 4. The molecule has 1 aromatic rings. The molecular formula is C26H39NO5. The maximum atomic E-state index is 12.1. The van der Waals surface area contributed by atoms with Crippen molar-refractivity contribution in [3.8, 4) is 0 Å². The smallest absolute Gasteiger partial charge is 0.325 e. The number of carboxylic acid groups (broad SMARTS) is 2. The number of Topliss-reactive ketones (excluding diaryl/α,β-unsaturated/α-hetero) is 1. The van der Waals surface area contributed by atoms with Gasteiger partial charge in [0.15, 0.2) is 5.78 Å². The maximum absolute atomic E-state index is 12.1. The first-order valence-corrected chi connectivity index (χ1v) is 12.3. The Labute approximate surface area is 191 Å². The third kappa shape index (κ3) is 9.41. The second-order valence-electron chi connectivity index (χ2n) is 9.10. The zero-order valence-corrected chi connectivity index (χ0v) is 19.2. The van der Waals surface area contributed by atoms with Crippen molar-refractivity contribution >= 4 is 23.4 Å². The predicted molar refractivity (Wildman–Crippen MR) is 126 cm³/mol. The summed E-state index contributed by atoms with van der Waals surface area (Å²) in [6.45, 7) is 0.835. The molecule has 1 fully saturated rings. The SMILES string of the molecule is O=C(O)C(C(=O)O)C(=O)c1ccc(NCCCCCCCCCCCC2CCCC2)cc1. The molecule has 0 aliphatic heterocycles. The van der Waals surface area contributed by atoms with E-state index in [4.69, 9.17) is 10.2 Å². The van der Waals surface area contributed by atoms with Crippen molar-refractivity contribution in [2.24, 2.45) is 11.8 Å². The van der Waals surface area contributed by atoms with Crippen LogP contribution in [-0.2, 0) is 9.59 Å². The van der Waals surface area contributed by atoms with Crippen molar-refractivity contribution in [3.05, 3.63) is 29.8 Å². The van der Waals surface area contributed by atoms with Gasteiger partial charge in [-0.25, -0.2) is 0 Å². The minimum absolute atomic E-state index is 0.0869. The summed E-state index contributed by atoms with van der Waals surface area (Å²) in [6.07, 6.45) is 19.0. The molecule has 3 N–H and O–H groups in total. The first-order valence-electron chi connectivity index (χ1n) is 12.3. The Morgan fingerprint density at radius 2 is 1.28 bits per heavy atom. The van der Waals surface area contributed by atoms with Gasteiger partial charge in [0.2, 0.25) is 5.92 Å². The van der Waals surface area contributed by atoms with Gasteiger partial charge in [-0.2, -0.15) is 0 Å². The summed E-state index contributed by atoms with van der Waals surface area (Å²) in [5, 5.41) is 21.1. The van der Waals surface area contributed by atoms with Gasteiger partial charge >= 0.3 is 11.9 Å². The molecule has 6 nitrogen and oxygen atoms in total. The molecule has 178 valence electrons. The van der Waals surface area contributed by atoms with E-state index in [9.17, 15) is 14.4 Å². The highest BCUT2D eigenvalue weighted by Gasteiger charge is 2.34. The molecule has 0 bridgehead atoms. The van der Waals surface area contributed by atoms with Crippen LogP contribution in [0.2, 0.25) is 0 Å². The summed E-state index contributed by atoms with van der Waals surface area (Å²) in [7, 11) is 0. The number of ketones is 1. The normalized spacial score (nSPS) is 14.0. The zero-order valence-electron chi connectivity index (χ0n) is 19.2. The second kappa shape index (κ2) is 14.6. The minimum atomic E-state index is -2.06. The van der Waals surface area contributed by atoms with Crippen molar-refractivity contribution < 1.29 is 24.6 Å². The molecule has 1 aliphatic carbocycles. The molecule has 0 heterocycles. The summed E-state index contributed by atoms with van der Waals surface area (Å²) in [5.74, 6) is -5.24. The summed E-state index contributed by atoms with van der Waals surface area (Å²) in [6, 6.07) is 6.30. The second-order valence-corrected chi connectivity index (χ2v) is 9.10. The predicted octanol–water partition coefficient (Wildman–Crippen LogP) is 6.16. The molecule has 0 radical (unpaired) electrons. The molecule has 0 saturated heterocycles. The summed E-state index contributed by atoms with van der Waals surface area (Å²) in [5.41, 5.74) is 0.922. The first-order chi connectivity index (χ1) is 15.5. The van der Waals surface area contributed by atoms with E-state index in [1.807, 2.05) is 0 Å². The van der Waals surface area contributed by atoms with Crippen LogP contribution in [0, 0.1) is 11.8 Å². The van der Waals surface area contributed by atoms with Crippen LogP contribution in [0.5, 0.6) is 0 Å². The Kier molecular flexibility index (Phi) is 11.8. The highest BCUT2D eigenvalue weighted by atomic mass is 16.4. The van der Waals surface area contributed by atoms with Gasteiger partial charge in [0, 0.05) is 17.8 Å². The monoisotopic (exact) mass is 445 g/mol. The van der Waals surface area contributed by atoms with Crippen LogP contribution < -0.4 is 5.32 Å². The van der Waals surface area contributed by atoms with Crippen LogP contribution in [0.4, 0.5) is 5.69 Å². The van der Waals surface area contributed by atoms with Gasteiger partial charge in [-0.05, 0) is 36.6 Å². The van der Waals surface area contributed by atoms with Gasteiger partial charge in [-0.15, -0.1) is 0 Å². The van der Waals surface area contributed by atoms with Gasteiger partial charge in [-0.3, -0.25) is 14.4 Å². The molecule has 1 saturated carbocycles. The fourth-order valence-electron chi connectivity index (χ4n) is 4.58. The number of nitrogens with one attached hydrogen (secondary N) is 1. The van der Waals surface area contributed by atoms with E-state index in [1.54, 1.807) is 12.1 Å². The van der Waals surface area contributed by atoms with E-state index in [-0.39, 0.29) is 5.56 Å². The molecule has 0 atom stereocenters. The van der Waals surface area contributed by atoms with E-state index in [2.05, 4.69) is 5.32 Å². The third-order valence-corrected chi connectivity index (χ3v) is 6.52. The van der Waals surface area contributed by atoms with E-state index in [0.717, 1.165) is 24.6 Å². The summed E-state index contributed by atoms with van der Waals surface area (Å²) < 4.78 is 0. The van der Waals surface area contributed by atoms with Gasteiger partial charge in [0.25, 0.3) is 0 Å². The Bertz CT molecular complexity index is 695. The number of carboxylic acids is 2. The van der Waals surface area contributed by atoms with Crippen molar-refractivity contribution in [1.29, 1.82) is 0 Å². The molecule has 1 aliphatic rings. The minimum Gasteiger partial charge on any atom is -0.480 e. The molecule has 1 aromatic carbocycles.